The third-order valence-electron chi connectivity index (χ3n) is 3.07. The average Bonchev–Trinajstić information content (AvgIpc) is 2.39. The Balaban J connectivity index is 0.000000200. The third-order valence-corrected chi connectivity index (χ3v) is 3.97. The molecule has 2 N–H and O–H groups in total. The van der Waals surface area contributed by atoms with Gasteiger partial charge >= 0.3 is 0 Å². The lowest BCUT2D eigenvalue weighted by molar-refractivity contribution is 0.471. The molecule has 0 aromatic heterocycles. The Morgan fingerprint density at radius 1 is 0.800 bits per heavy atom. The van der Waals surface area contributed by atoms with Crippen LogP contribution in [-0.2, 0) is 0 Å². The van der Waals surface area contributed by atoms with Gasteiger partial charge in [0, 0.05) is 5.02 Å². The highest BCUT2D eigenvalue weighted by molar-refractivity contribution is 6.32. The molecule has 4 heteroatoms. The molecule has 0 aliphatic heterocycles. The van der Waals surface area contributed by atoms with Gasteiger partial charge < -0.3 is 10.2 Å². The van der Waals surface area contributed by atoms with Gasteiger partial charge in [-0.3, -0.25) is 0 Å². The maximum absolute atomic E-state index is 9.26. The Hall–Kier alpha value is -1.38. The predicted molar refractivity (Wildman–Crippen MR) is 85.2 cm³/mol. The van der Waals surface area contributed by atoms with Crippen LogP contribution in [0.2, 0.25) is 10.0 Å². The van der Waals surface area contributed by atoms with Gasteiger partial charge in [0.1, 0.15) is 11.5 Å². The van der Waals surface area contributed by atoms with Gasteiger partial charge in [-0.2, -0.15) is 0 Å². The molecule has 0 amide bonds. The Morgan fingerprint density at radius 2 is 1.30 bits per heavy atom. The van der Waals surface area contributed by atoms with Crippen LogP contribution < -0.4 is 0 Å². The second-order valence-electron chi connectivity index (χ2n) is 4.73. The predicted octanol–water partition coefficient (Wildman–Crippen LogP) is 5.32. The molecule has 2 aromatic rings. The number of hydrogen-bond acceptors (Lipinski definition) is 2. The van der Waals surface area contributed by atoms with E-state index in [1.54, 1.807) is 18.2 Å². The molecule has 0 unspecified atom stereocenters. The molecule has 108 valence electrons. The number of benzene rings is 2. The molecule has 0 atom stereocenters. The summed E-state index contributed by atoms with van der Waals surface area (Å²) in [4.78, 5) is 0. The van der Waals surface area contributed by atoms with Crippen LogP contribution in [0.25, 0.3) is 0 Å². The summed E-state index contributed by atoms with van der Waals surface area (Å²) in [7, 11) is 0. The minimum absolute atomic E-state index is 0.196. The summed E-state index contributed by atoms with van der Waals surface area (Å²) in [5.41, 5.74) is 3.74. The molecule has 0 spiro atoms. The second-order valence-corrected chi connectivity index (χ2v) is 5.52. The van der Waals surface area contributed by atoms with E-state index in [1.807, 2.05) is 33.8 Å². The van der Waals surface area contributed by atoms with Gasteiger partial charge in [0.25, 0.3) is 0 Å². The van der Waals surface area contributed by atoms with E-state index in [2.05, 4.69) is 0 Å². The molecule has 2 aromatic carbocycles. The first-order chi connectivity index (χ1) is 9.23. The summed E-state index contributed by atoms with van der Waals surface area (Å²) in [5, 5.41) is 19.5. The van der Waals surface area contributed by atoms with Gasteiger partial charge in [0.15, 0.2) is 0 Å². The monoisotopic (exact) mass is 312 g/mol. The van der Waals surface area contributed by atoms with E-state index < -0.39 is 0 Å². The summed E-state index contributed by atoms with van der Waals surface area (Å²) < 4.78 is 0. The fourth-order valence-electron chi connectivity index (χ4n) is 1.69. The van der Waals surface area contributed by atoms with Crippen molar-refractivity contribution in [1.29, 1.82) is 0 Å². The fraction of sp³-hybridized carbons (Fsp3) is 0.250. The SMILES string of the molecule is Cc1cc(O)cc(C)c1Cl.Cc1ccc(Cl)c(O)c1C. The molecule has 0 fully saturated rings. The summed E-state index contributed by atoms with van der Waals surface area (Å²) in [6.07, 6.45) is 0. The summed E-state index contributed by atoms with van der Waals surface area (Å²) >= 11 is 11.5. The van der Waals surface area contributed by atoms with Gasteiger partial charge in [-0.05, 0) is 68.1 Å². The lowest BCUT2D eigenvalue weighted by Gasteiger charge is -2.02. The molecule has 2 rings (SSSR count). The van der Waals surface area contributed by atoms with Crippen molar-refractivity contribution in [3.8, 4) is 11.5 Å². The van der Waals surface area contributed by atoms with Crippen molar-refractivity contribution in [2.45, 2.75) is 27.7 Å². The van der Waals surface area contributed by atoms with Gasteiger partial charge in [-0.25, -0.2) is 0 Å². The number of aromatic hydroxyl groups is 2. The summed E-state index contributed by atoms with van der Waals surface area (Å²) in [5.74, 6) is 0.473. The zero-order valence-corrected chi connectivity index (χ0v) is 13.5. The minimum Gasteiger partial charge on any atom is -0.508 e. The quantitative estimate of drug-likeness (QED) is 0.690. The van der Waals surface area contributed by atoms with Crippen LogP contribution in [0.4, 0.5) is 0 Å². The number of hydrogen-bond donors (Lipinski definition) is 2. The lowest BCUT2D eigenvalue weighted by atomic mass is 10.1. The van der Waals surface area contributed by atoms with Crippen LogP contribution in [0.3, 0.4) is 0 Å². The first-order valence-electron chi connectivity index (χ1n) is 6.14. The van der Waals surface area contributed by atoms with Crippen molar-refractivity contribution >= 4 is 23.2 Å². The highest BCUT2D eigenvalue weighted by atomic mass is 35.5. The van der Waals surface area contributed by atoms with Crippen LogP contribution >= 0.6 is 23.2 Å². The summed E-state index contributed by atoms with van der Waals surface area (Å²) in [6.45, 7) is 7.52. The Labute approximate surface area is 129 Å². The van der Waals surface area contributed by atoms with E-state index in [4.69, 9.17) is 28.3 Å². The summed E-state index contributed by atoms with van der Waals surface area (Å²) in [6, 6.07) is 6.88. The van der Waals surface area contributed by atoms with Gasteiger partial charge in [0.2, 0.25) is 0 Å². The van der Waals surface area contributed by atoms with E-state index in [9.17, 15) is 5.11 Å². The van der Waals surface area contributed by atoms with Crippen LogP contribution in [-0.4, -0.2) is 10.2 Å². The average molecular weight is 313 g/mol. The van der Waals surface area contributed by atoms with E-state index in [0.29, 0.717) is 5.02 Å². The molecule has 0 heterocycles. The molecule has 2 nitrogen and oxygen atoms in total. The maximum atomic E-state index is 9.26. The molecular weight excluding hydrogens is 295 g/mol. The van der Waals surface area contributed by atoms with Gasteiger partial charge in [-0.15, -0.1) is 0 Å². The first kappa shape index (κ1) is 16.7. The first-order valence-corrected chi connectivity index (χ1v) is 6.90. The van der Waals surface area contributed by atoms with Crippen molar-refractivity contribution in [2.24, 2.45) is 0 Å². The standard InChI is InChI=1S/2C8H9ClO/c1-5-3-7(10)4-6(2)8(5)9;1-5-3-4-7(9)8(10)6(5)2/h2*3-4,10H,1-2H3. The highest BCUT2D eigenvalue weighted by Crippen LogP contribution is 2.28. The molecule has 20 heavy (non-hydrogen) atoms. The van der Waals surface area contributed by atoms with E-state index in [0.717, 1.165) is 27.3 Å². The molecule has 0 bridgehead atoms. The number of rotatable bonds is 0. The second kappa shape index (κ2) is 6.87. The van der Waals surface area contributed by atoms with Crippen molar-refractivity contribution in [3.63, 3.8) is 0 Å². The van der Waals surface area contributed by atoms with Crippen LogP contribution in [0.15, 0.2) is 24.3 Å². The van der Waals surface area contributed by atoms with Crippen LogP contribution in [0.1, 0.15) is 22.3 Å². The highest BCUT2D eigenvalue weighted by Gasteiger charge is 2.02. The molecule has 0 saturated carbocycles. The van der Waals surface area contributed by atoms with Crippen molar-refractivity contribution < 1.29 is 10.2 Å². The normalized spacial score (nSPS) is 9.90. The van der Waals surface area contributed by atoms with Crippen LogP contribution in [0, 0.1) is 27.7 Å². The van der Waals surface area contributed by atoms with Crippen molar-refractivity contribution in [3.05, 3.63) is 56.6 Å². The molecule has 0 saturated heterocycles. The maximum Gasteiger partial charge on any atom is 0.137 e. The Bertz CT molecular complexity index is 572. The van der Waals surface area contributed by atoms with Gasteiger partial charge in [-0.1, -0.05) is 29.3 Å². The molecule has 0 radical (unpaired) electrons. The lowest BCUT2D eigenvalue weighted by Crippen LogP contribution is -1.80. The Morgan fingerprint density at radius 3 is 1.75 bits per heavy atom. The van der Waals surface area contributed by atoms with Gasteiger partial charge in [0.05, 0.1) is 5.02 Å². The fourth-order valence-corrected chi connectivity index (χ4v) is 2.00. The van der Waals surface area contributed by atoms with E-state index in [-0.39, 0.29) is 11.5 Å². The minimum atomic E-state index is 0.196. The van der Waals surface area contributed by atoms with Crippen molar-refractivity contribution in [2.75, 3.05) is 0 Å². The molecule has 0 aliphatic carbocycles. The smallest absolute Gasteiger partial charge is 0.137 e. The number of phenolic OH excluding ortho intramolecular Hbond substituents is 2. The van der Waals surface area contributed by atoms with E-state index in [1.165, 1.54) is 0 Å². The van der Waals surface area contributed by atoms with Crippen LogP contribution in [0.5, 0.6) is 11.5 Å². The number of phenols is 2. The molecular formula is C16H18Cl2O2. The number of aryl methyl sites for hydroxylation is 3. The van der Waals surface area contributed by atoms with Crippen molar-refractivity contribution in [1.82, 2.24) is 0 Å². The number of halogens is 2. The molecule has 0 aliphatic rings. The zero-order chi connectivity index (χ0) is 15.4. The van der Waals surface area contributed by atoms with E-state index >= 15 is 0 Å². The Kier molecular flexibility index (Phi) is 5.73. The topological polar surface area (TPSA) is 40.5 Å². The third kappa shape index (κ3) is 4.06. The largest absolute Gasteiger partial charge is 0.508 e. The zero-order valence-electron chi connectivity index (χ0n) is 12.0.